The number of sulfonamides is 1. The highest BCUT2D eigenvalue weighted by molar-refractivity contribution is 7.89. The first-order valence-corrected chi connectivity index (χ1v) is 10.6. The third-order valence-corrected chi connectivity index (χ3v) is 6.59. The van der Waals surface area contributed by atoms with Crippen LogP contribution in [-0.2, 0) is 21.2 Å². The van der Waals surface area contributed by atoms with Crippen molar-refractivity contribution in [3.8, 4) is 11.5 Å². The molecular weight excluding hydrogens is 392 g/mol. The molecule has 7 nitrogen and oxygen atoms in total. The van der Waals surface area contributed by atoms with Crippen molar-refractivity contribution in [1.82, 2.24) is 4.31 Å². The monoisotopic (exact) mass is 420 g/mol. The van der Waals surface area contributed by atoms with Crippen LogP contribution in [0.3, 0.4) is 0 Å². The largest absolute Gasteiger partial charge is 0.493 e. The van der Waals surface area contributed by atoms with Gasteiger partial charge in [-0.25, -0.2) is 12.7 Å². The molecule has 158 valence electrons. The Labute approximate surface area is 172 Å². The number of rotatable bonds is 8. The second kappa shape index (κ2) is 9.28. The minimum absolute atomic E-state index is 0.148. The van der Waals surface area contributed by atoms with Gasteiger partial charge in [0, 0.05) is 26.2 Å². The molecule has 2 aromatic rings. The van der Waals surface area contributed by atoms with Crippen molar-refractivity contribution < 1.29 is 22.7 Å². The van der Waals surface area contributed by atoms with Crippen LogP contribution in [0.5, 0.6) is 11.5 Å². The van der Waals surface area contributed by atoms with Crippen LogP contribution in [-0.4, -0.2) is 46.9 Å². The van der Waals surface area contributed by atoms with E-state index in [1.807, 2.05) is 26.0 Å². The van der Waals surface area contributed by atoms with E-state index < -0.39 is 10.0 Å². The zero-order valence-electron chi connectivity index (χ0n) is 17.7. The SMILES string of the molecule is COc1cccc(CCC(=O)Nc2cc(S(=O)(=O)N(C)C)cc(C)c2C)c1OC. The highest BCUT2D eigenvalue weighted by atomic mass is 32.2. The van der Waals surface area contributed by atoms with E-state index in [4.69, 9.17) is 9.47 Å². The normalized spacial score (nSPS) is 11.4. The van der Waals surface area contributed by atoms with Crippen LogP contribution >= 0.6 is 0 Å². The number of benzene rings is 2. The summed E-state index contributed by atoms with van der Waals surface area (Å²) in [5.74, 6) is 1.00. The van der Waals surface area contributed by atoms with Gasteiger partial charge in [-0.2, -0.15) is 0 Å². The lowest BCUT2D eigenvalue weighted by atomic mass is 10.1. The van der Waals surface area contributed by atoms with E-state index in [1.54, 1.807) is 26.4 Å². The van der Waals surface area contributed by atoms with Crippen molar-refractivity contribution in [3.63, 3.8) is 0 Å². The third-order valence-electron chi connectivity index (χ3n) is 4.80. The standard InChI is InChI=1S/C21H28N2O5S/c1-14-12-17(29(25,26)23(3)4)13-18(15(14)2)22-20(24)11-10-16-8-7-9-19(27-5)21(16)28-6/h7-9,12-13H,10-11H2,1-6H3,(H,22,24). The van der Waals surface area contributed by atoms with Crippen LogP contribution < -0.4 is 14.8 Å². The molecule has 29 heavy (non-hydrogen) atoms. The molecule has 0 saturated carbocycles. The second-order valence-electron chi connectivity index (χ2n) is 6.90. The van der Waals surface area contributed by atoms with E-state index in [2.05, 4.69) is 5.32 Å². The summed E-state index contributed by atoms with van der Waals surface area (Å²) in [6, 6.07) is 8.64. The van der Waals surface area contributed by atoms with E-state index in [9.17, 15) is 13.2 Å². The summed E-state index contributed by atoms with van der Waals surface area (Å²) < 4.78 is 36.8. The van der Waals surface area contributed by atoms with Crippen molar-refractivity contribution in [2.45, 2.75) is 31.6 Å². The number of carbonyl (C=O) groups is 1. The molecule has 1 N–H and O–H groups in total. The van der Waals surface area contributed by atoms with Gasteiger partial charge in [0.25, 0.3) is 0 Å². The summed E-state index contributed by atoms with van der Waals surface area (Å²) in [5.41, 5.74) is 2.97. The Morgan fingerprint density at radius 2 is 1.79 bits per heavy atom. The van der Waals surface area contributed by atoms with Crippen molar-refractivity contribution in [3.05, 3.63) is 47.0 Å². The number of para-hydroxylation sites is 1. The van der Waals surface area contributed by atoms with Crippen molar-refractivity contribution in [2.24, 2.45) is 0 Å². The highest BCUT2D eigenvalue weighted by Crippen LogP contribution is 2.31. The van der Waals surface area contributed by atoms with E-state index in [0.29, 0.717) is 23.6 Å². The number of anilines is 1. The van der Waals surface area contributed by atoms with Crippen LogP contribution in [0.15, 0.2) is 35.2 Å². The molecule has 0 saturated heterocycles. The number of hydrogen-bond donors (Lipinski definition) is 1. The van der Waals surface area contributed by atoms with Crippen molar-refractivity contribution in [2.75, 3.05) is 33.6 Å². The van der Waals surface area contributed by atoms with Crippen LogP contribution in [0.25, 0.3) is 0 Å². The maximum atomic E-state index is 12.6. The minimum Gasteiger partial charge on any atom is -0.493 e. The van der Waals surface area contributed by atoms with Gasteiger partial charge in [-0.05, 0) is 55.2 Å². The lowest BCUT2D eigenvalue weighted by Crippen LogP contribution is -2.23. The number of nitrogens with one attached hydrogen (secondary N) is 1. The lowest BCUT2D eigenvalue weighted by Gasteiger charge is -2.17. The molecule has 0 aliphatic carbocycles. The van der Waals surface area contributed by atoms with E-state index in [0.717, 1.165) is 21.0 Å². The second-order valence-corrected chi connectivity index (χ2v) is 9.05. The Balaban J connectivity index is 2.21. The minimum atomic E-state index is -3.59. The molecule has 8 heteroatoms. The number of ether oxygens (including phenoxy) is 2. The molecule has 2 rings (SSSR count). The molecular formula is C21H28N2O5S. The summed E-state index contributed by atoms with van der Waals surface area (Å²) in [4.78, 5) is 12.7. The zero-order chi connectivity index (χ0) is 21.8. The number of amides is 1. The lowest BCUT2D eigenvalue weighted by molar-refractivity contribution is -0.116. The molecule has 0 aliphatic heterocycles. The maximum absolute atomic E-state index is 12.6. The van der Waals surface area contributed by atoms with Gasteiger partial charge in [-0.3, -0.25) is 4.79 Å². The van der Waals surface area contributed by atoms with Gasteiger partial charge in [0.2, 0.25) is 15.9 Å². The van der Waals surface area contributed by atoms with Gasteiger partial charge < -0.3 is 14.8 Å². The number of methoxy groups -OCH3 is 2. The molecule has 0 radical (unpaired) electrons. The summed E-state index contributed by atoms with van der Waals surface area (Å²) in [5, 5.41) is 2.84. The van der Waals surface area contributed by atoms with Crippen molar-refractivity contribution in [1.29, 1.82) is 0 Å². The first kappa shape index (κ1) is 22.7. The summed E-state index contributed by atoms with van der Waals surface area (Å²) in [6.07, 6.45) is 0.673. The van der Waals surface area contributed by atoms with Gasteiger partial charge in [-0.15, -0.1) is 0 Å². The highest BCUT2D eigenvalue weighted by Gasteiger charge is 2.20. The van der Waals surface area contributed by atoms with Gasteiger partial charge in [0.05, 0.1) is 19.1 Å². The predicted molar refractivity (Wildman–Crippen MR) is 113 cm³/mol. The molecule has 1 amide bonds. The van der Waals surface area contributed by atoms with Crippen LogP contribution in [0, 0.1) is 13.8 Å². The quantitative estimate of drug-likeness (QED) is 0.709. The predicted octanol–water partition coefficient (Wildman–Crippen LogP) is 3.14. The van der Waals surface area contributed by atoms with Gasteiger partial charge in [0.1, 0.15) is 0 Å². The number of aryl methyl sites for hydroxylation is 2. The number of nitrogens with zero attached hydrogens (tertiary/aromatic N) is 1. The number of hydrogen-bond acceptors (Lipinski definition) is 5. The fourth-order valence-electron chi connectivity index (χ4n) is 2.93. The average molecular weight is 421 g/mol. The molecule has 0 unspecified atom stereocenters. The molecule has 0 fully saturated rings. The van der Waals surface area contributed by atoms with E-state index >= 15 is 0 Å². The van der Waals surface area contributed by atoms with Crippen molar-refractivity contribution >= 4 is 21.6 Å². The smallest absolute Gasteiger partial charge is 0.242 e. The molecule has 0 aliphatic rings. The molecule has 0 bridgehead atoms. The molecule has 0 aromatic heterocycles. The van der Waals surface area contributed by atoms with Gasteiger partial charge in [-0.1, -0.05) is 12.1 Å². The van der Waals surface area contributed by atoms with Crippen LogP contribution in [0.4, 0.5) is 5.69 Å². The first-order valence-electron chi connectivity index (χ1n) is 9.15. The van der Waals surface area contributed by atoms with E-state index in [-0.39, 0.29) is 17.2 Å². The molecule has 0 heterocycles. The summed E-state index contributed by atoms with van der Waals surface area (Å²) in [6.45, 7) is 3.67. The Bertz CT molecular complexity index is 1000. The summed E-state index contributed by atoms with van der Waals surface area (Å²) >= 11 is 0. The number of carbonyl (C=O) groups excluding carboxylic acids is 1. The van der Waals surface area contributed by atoms with Crippen LogP contribution in [0.2, 0.25) is 0 Å². The Morgan fingerprint density at radius 1 is 1.10 bits per heavy atom. The Morgan fingerprint density at radius 3 is 2.38 bits per heavy atom. The average Bonchev–Trinajstić information content (AvgIpc) is 2.68. The van der Waals surface area contributed by atoms with Crippen LogP contribution in [0.1, 0.15) is 23.1 Å². The third kappa shape index (κ3) is 5.07. The Kier molecular flexibility index (Phi) is 7.26. The topological polar surface area (TPSA) is 84.9 Å². The van der Waals surface area contributed by atoms with E-state index in [1.165, 1.54) is 20.2 Å². The fraction of sp³-hybridized carbons (Fsp3) is 0.381. The van der Waals surface area contributed by atoms with Gasteiger partial charge >= 0.3 is 0 Å². The van der Waals surface area contributed by atoms with Gasteiger partial charge in [0.15, 0.2) is 11.5 Å². The molecule has 0 spiro atoms. The molecule has 0 atom stereocenters. The zero-order valence-corrected chi connectivity index (χ0v) is 18.5. The Hall–Kier alpha value is -2.58. The maximum Gasteiger partial charge on any atom is 0.242 e. The fourth-order valence-corrected chi connectivity index (χ4v) is 3.94. The first-order chi connectivity index (χ1) is 13.6. The summed E-state index contributed by atoms with van der Waals surface area (Å²) in [7, 11) is 2.48. The molecule has 2 aromatic carbocycles.